The number of allylic oxidation sites excluding steroid dienone is 5. The minimum Gasteiger partial charge on any atom is -0.403 e. The fourth-order valence-corrected chi connectivity index (χ4v) is 4.44. The van der Waals surface area contributed by atoms with Crippen molar-refractivity contribution in [2.75, 3.05) is 26.2 Å². The van der Waals surface area contributed by atoms with Crippen LogP contribution >= 0.6 is 0 Å². The van der Waals surface area contributed by atoms with Gasteiger partial charge in [-0.25, -0.2) is 4.99 Å². The highest BCUT2D eigenvalue weighted by Gasteiger charge is 2.32. The first kappa shape index (κ1) is 22.2. The van der Waals surface area contributed by atoms with Gasteiger partial charge in [-0.3, -0.25) is 0 Å². The van der Waals surface area contributed by atoms with Crippen LogP contribution in [0.3, 0.4) is 0 Å². The van der Waals surface area contributed by atoms with Gasteiger partial charge in [0.05, 0.1) is 5.70 Å². The Kier molecular flexibility index (Phi) is 8.14. The van der Waals surface area contributed by atoms with E-state index < -0.39 is 0 Å². The van der Waals surface area contributed by atoms with Crippen molar-refractivity contribution in [2.24, 2.45) is 10.7 Å². The minimum absolute atomic E-state index is 0.523. The molecule has 5 heteroatoms. The maximum atomic E-state index is 5.85. The van der Waals surface area contributed by atoms with Crippen molar-refractivity contribution >= 4 is 5.84 Å². The molecule has 0 radical (unpaired) electrons. The standard InChI is InChI=1S/C25H37N5/c1-4-22-18-21(25(28-20(2)3)30(22)23-11-8-9-12-23)10-6-5-7-13-24(19-26)29-16-14-27-15-17-29/h4,7,10,13,18-19,23,27H,1-2,5-6,8-9,11-12,14-17,26H2,3H3/b13-7-,21-10-,24-19+,28-25+. The number of hydrogen-bond acceptors (Lipinski definition) is 4. The first-order valence-corrected chi connectivity index (χ1v) is 11.3. The maximum absolute atomic E-state index is 5.85. The molecular weight excluding hydrogens is 370 g/mol. The highest BCUT2D eigenvalue weighted by atomic mass is 15.2. The Hall–Kier alpha value is -2.53. The molecule has 0 spiro atoms. The molecule has 3 N–H and O–H groups in total. The lowest BCUT2D eigenvalue weighted by Crippen LogP contribution is -2.42. The molecule has 2 aliphatic heterocycles. The molecule has 2 heterocycles. The Balaban J connectivity index is 1.66. The zero-order valence-corrected chi connectivity index (χ0v) is 18.4. The van der Waals surface area contributed by atoms with E-state index in [1.54, 1.807) is 6.20 Å². The number of rotatable bonds is 8. The van der Waals surface area contributed by atoms with Gasteiger partial charge >= 0.3 is 0 Å². The quantitative estimate of drug-likeness (QED) is 0.467. The molecule has 1 aliphatic carbocycles. The molecule has 0 aromatic carbocycles. The van der Waals surface area contributed by atoms with Crippen LogP contribution in [0.1, 0.15) is 45.4 Å². The molecule has 1 saturated heterocycles. The predicted octanol–water partition coefficient (Wildman–Crippen LogP) is 4.21. The lowest BCUT2D eigenvalue weighted by molar-refractivity contribution is 0.306. The van der Waals surface area contributed by atoms with Crippen LogP contribution in [0.2, 0.25) is 0 Å². The van der Waals surface area contributed by atoms with Gasteiger partial charge in [-0.15, -0.1) is 0 Å². The molecule has 30 heavy (non-hydrogen) atoms. The van der Waals surface area contributed by atoms with Crippen molar-refractivity contribution < 1.29 is 0 Å². The Bertz CT molecular complexity index is 771. The van der Waals surface area contributed by atoms with Crippen molar-refractivity contribution in [2.45, 2.75) is 51.5 Å². The average molecular weight is 408 g/mol. The number of piperazine rings is 1. The van der Waals surface area contributed by atoms with E-state index in [-0.39, 0.29) is 0 Å². The van der Waals surface area contributed by atoms with Gasteiger partial charge in [0, 0.05) is 55.4 Å². The molecule has 5 nitrogen and oxygen atoms in total. The van der Waals surface area contributed by atoms with E-state index in [2.05, 4.69) is 52.6 Å². The van der Waals surface area contributed by atoms with Crippen LogP contribution in [0.5, 0.6) is 0 Å². The Morgan fingerprint density at radius 3 is 2.63 bits per heavy atom. The minimum atomic E-state index is 0.523. The second-order valence-corrected chi connectivity index (χ2v) is 8.22. The van der Waals surface area contributed by atoms with Crippen LogP contribution in [0, 0.1) is 0 Å². The third kappa shape index (κ3) is 5.54. The first-order chi connectivity index (χ1) is 14.6. The van der Waals surface area contributed by atoms with Crippen molar-refractivity contribution in [1.29, 1.82) is 0 Å². The molecule has 0 unspecified atom stereocenters. The van der Waals surface area contributed by atoms with Crippen molar-refractivity contribution in [3.05, 3.63) is 72.4 Å². The number of amidine groups is 1. The van der Waals surface area contributed by atoms with E-state index in [4.69, 9.17) is 10.7 Å². The van der Waals surface area contributed by atoms with E-state index >= 15 is 0 Å². The van der Waals surface area contributed by atoms with Crippen LogP contribution in [-0.4, -0.2) is 47.9 Å². The molecule has 1 saturated carbocycles. The summed E-state index contributed by atoms with van der Waals surface area (Å²) in [6.07, 6.45) is 19.5. The highest BCUT2D eigenvalue weighted by Crippen LogP contribution is 2.34. The Morgan fingerprint density at radius 2 is 2.00 bits per heavy atom. The molecule has 0 aromatic rings. The molecule has 0 amide bonds. The van der Waals surface area contributed by atoms with Gasteiger partial charge in [0.15, 0.2) is 0 Å². The van der Waals surface area contributed by atoms with Crippen LogP contribution in [0.4, 0.5) is 0 Å². The second-order valence-electron chi connectivity index (χ2n) is 8.22. The van der Waals surface area contributed by atoms with E-state index in [1.165, 1.54) is 31.3 Å². The number of hydrogen-bond donors (Lipinski definition) is 2. The number of nitrogens with two attached hydrogens (primary N) is 1. The third-order valence-corrected chi connectivity index (χ3v) is 5.90. The summed E-state index contributed by atoms with van der Waals surface area (Å²) in [5, 5.41) is 3.38. The average Bonchev–Trinajstić information content (AvgIpc) is 3.39. The van der Waals surface area contributed by atoms with Crippen molar-refractivity contribution in [3.63, 3.8) is 0 Å². The smallest absolute Gasteiger partial charge is 0.140 e. The summed E-state index contributed by atoms with van der Waals surface area (Å²) in [4.78, 5) is 9.52. The molecule has 0 aromatic heterocycles. The molecular formula is C25H37N5. The fourth-order valence-electron chi connectivity index (χ4n) is 4.44. The summed E-state index contributed by atoms with van der Waals surface area (Å²) >= 11 is 0. The summed E-state index contributed by atoms with van der Waals surface area (Å²) in [5.41, 5.74) is 10.1. The SMILES string of the molecule is C=CC1=CC(=C/CC/C=C\C(=C/N)N2CCNCC2)/C(=N\C(=C)C)N1C1CCCC1. The zero-order valence-electron chi connectivity index (χ0n) is 18.4. The lowest BCUT2D eigenvalue weighted by Gasteiger charge is -2.29. The molecule has 3 rings (SSSR count). The van der Waals surface area contributed by atoms with Crippen molar-refractivity contribution in [1.82, 2.24) is 15.1 Å². The predicted molar refractivity (Wildman–Crippen MR) is 128 cm³/mol. The third-order valence-electron chi connectivity index (χ3n) is 5.90. The molecule has 162 valence electrons. The van der Waals surface area contributed by atoms with Gasteiger partial charge in [-0.1, -0.05) is 38.2 Å². The summed E-state index contributed by atoms with van der Waals surface area (Å²) in [7, 11) is 0. The topological polar surface area (TPSA) is 56.9 Å². The van der Waals surface area contributed by atoms with E-state index in [0.29, 0.717) is 6.04 Å². The Morgan fingerprint density at radius 1 is 1.27 bits per heavy atom. The normalized spacial score (nSPS) is 23.8. The number of aliphatic imine (C=N–C) groups is 1. The fraction of sp³-hybridized carbons (Fsp3) is 0.480. The van der Waals surface area contributed by atoms with Gasteiger partial charge in [-0.05, 0) is 50.8 Å². The zero-order chi connectivity index (χ0) is 21.3. The van der Waals surface area contributed by atoms with Crippen LogP contribution < -0.4 is 11.1 Å². The van der Waals surface area contributed by atoms with Gasteiger partial charge in [0.2, 0.25) is 0 Å². The summed E-state index contributed by atoms with van der Waals surface area (Å²) < 4.78 is 0. The monoisotopic (exact) mass is 407 g/mol. The van der Waals surface area contributed by atoms with Crippen LogP contribution in [-0.2, 0) is 0 Å². The van der Waals surface area contributed by atoms with Crippen molar-refractivity contribution in [3.8, 4) is 0 Å². The lowest BCUT2D eigenvalue weighted by atomic mass is 10.1. The van der Waals surface area contributed by atoms with Gasteiger partial charge in [-0.2, -0.15) is 0 Å². The van der Waals surface area contributed by atoms with Gasteiger partial charge in [0.25, 0.3) is 0 Å². The maximum Gasteiger partial charge on any atom is 0.140 e. The summed E-state index contributed by atoms with van der Waals surface area (Å²) in [6.45, 7) is 14.1. The van der Waals surface area contributed by atoms with Gasteiger partial charge in [0.1, 0.15) is 5.84 Å². The number of unbranched alkanes of at least 4 members (excludes halogenated alkanes) is 1. The van der Waals surface area contributed by atoms with Gasteiger partial charge < -0.3 is 20.9 Å². The first-order valence-electron chi connectivity index (χ1n) is 11.3. The van der Waals surface area contributed by atoms with Crippen LogP contribution in [0.25, 0.3) is 0 Å². The summed E-state index contributed by atoms with van der Waals surface area (Å²) in [6, 6.07) is 0.523. The molecule has 0 bridgehead atoms. The molecule has 3 aliphatic rings. The Labute approximate surface area is 182 Å². The molecule has 2 fully saturated rings. The van der Waals surface area contributed by atoms with E-state index in [1.807, 2.05) is 13.0 Å². The highest BCUT2D eigenvalue weighted by molar-refractivity contribution is 6.05. The summed E-state index contributed by atoms with van der Waals surface area (Å²) in [5.74, 6) is 1.04. The van der Waals surface area contributed by atoms with E-state index in [9.17, 15) is 0 Å². The van der Waals surface area contributed by atoms with E-state index in [0.717, 1.165) is 61.9 Å². The molecule has 0 atom stereocenters. The number of nitrogens with zero attached hydrogens (tertiary/aromatic N) is 3. The number of nitrogens with one attached hydrogen (secondary N) is 1. The second kappa shape index (κ2) is 11.0. The largest absolute Gasteiger partial charge is 0.403 e. The van der Waals surface area contributed by atoms with Crippen LogP contribution in [0.15, 0.2) is 77.4 Å².